The molecule has 0 bridgehead atoms. The largest absolute Gasteiger partial charge is 0.486 e. The van der Waals surface area contributed by atoms with E-state index in [0.29, 0.717) is 13.2 Å². The van der Waals surface area contributed by atoms with Crippen molar-refractivity contribution >= 4 is 11.8 Å². The van der Waals surface area contributed by atoms with E-state index in [1.165, 1.54) is 4.90 Å². The summed E-state index contributed by atoms with van der Waals surface area (Å²) >= 11 is 1.79. The molecule has 0 spiro atoms. The average Bonchev–Trinajstić information content (AvgIpc) is 2.48. The Hall–Kier alpha value is -0.910. The Morgan fingerprint density at radius 2 is 1.79 bits per heavy atom. The Bertz CT molecular complexity index is 418. The van der Waals surface area contributed by atoms with Crippen LogP contribution in [0.25, 0.3) is 0 Å². The third-order valence-electron chi connectivity index (χ3n) is 3.03. The van der Waals surface area contributed by atoms with Crippen molar-refractivity contribution in [3.8, 4) is 11.5 Å². The van der Waals surface area contributed by atoms with Gasteiger partial charge in [0, 0.05) is 17.1 Å². The second kappa shape index (κ2) is 6.50. The summed E-state index contributed by atoms with van der Waals surface area (Å²) in [6.07, 6.45) is 1.89. The lowest BCUT2D eigenvalue weighted by Gasteiger charge is -2.23. The molecule has 1 fully saturated rings. The van der Waals surface area contributed by atoms with Crippen LogP contribution in [-0.2, 0) is 9.47 Å². The normalized spacial score (nSPS) is 19.4. The number of ether oxygens (including phenoxy) is 4. The van der Waals surface area contributed by atoms with E-state index in [1.807, 2.05) is 12.1 Å². The standard InChI is InChI=1S/C14H18O4S/c1-5-17-14(18-6-1)4-9-19-11-2-3-12-13(10-11)16-8-7-15-12/h2-3,10,14H,1,4-9H2. The minimum atomic E-state index is -0.0292. The number of hydrogen-bond donors (Lipinski definition) is 0. The van der Waals surface area contributed by atoms with E-state index in [9.17, 15) is 0 Å². The highest BCUT2D eigenvalue weighted by Crippen LogP contribution is 2.34. The number of benzene rings is 1. The predicted octanol–water partition coefficient (Wildman–Crippen LogP) is 2.70. The molecular weight excluding hydrogens is 264 g/mol. The van der Waals surface area contributed by atoms with Crippen LogP contribution in [0.2, 0.25) is 0 Å². The molecule has 0 aliphatic carbocycles. The molecule has 1 saturated heterocycles. The van der Waals surface area contributed by atoms with Crippen molar-refractivity contribution in [3.05, 3.63) is 18.2 Å². The van der Waals surface area contributed by atoms with E-state index in [1.54, 1.807) is 11.8 Å². The first-order valence-electron chi connectivity index (χ1n) is 6.67. The highest BCUT2D eigenvalue weighted by molar-refractivity contribution is 7.99. The molecule has 2 heterocycles. The predicted molar refractivity (Wildman–Crippen MR) is 73.1 cm³/mol. The van der Waals surface area contributed by atoms with Crippen LogP contribution in [0, 0.1) is 0 Å². The molecule has 1 aromatic rings. The first-order valence-corrected chi connectivity index (χ1v) is 7.66. The topological polar surface area (TPSA) is 36.9 Å². The van der Waals surface area contributed by atoms with Crippen molar-refractivity contribution in [2.75, 3.05) is 32.2 Å². The van der Waals surface area contributed by atoms with Gasteiger partial charge in [0.05, 0.1) is 13.2 Å². The first kappa shape index (κ1) is 13.1. The van der Waals surface area contributed by atoms with Crippen LogP contribution >= 0.6 is 11.8 Å². The lowest BCUT2D eigenvalue weighted by Crippen LogP contribution is -2.25. The van der Waals surface area contributed by atoms with Crippen LogP contribution in [0.15, 0.2) is 23.1 Å². The van der Waals surface area contributed by atoms with Crippen molar-refractivity contribution < 1.29 is 18.9 Å². The zero-order chi connectivity index (χ0) is 12.9. The number of fused-ring (bicyclic) bond motifs is 1. The van der Waals surface area contributed by atoms with Crippen LogP contribution in [0.5, 0.6) is 11.5 Å². The van der Waals surface area contributed by atoms with Gasteiger partial charge in [-0.1, -0.05) is 0 Å². The maximum atomic E-state index is 5.57. The highest BCUT2D eigenvalue weighted by Gasteiger charge is 2.15. The summed E-state index contributed by atoms with van der Waals surface area (Å²) in [7, 11) is 0. The molecule has 0 unspecified atom stereocenters. The first-order chi connectivity index (χ1) is 9.42. The molecule has 0 aromatic heterocycles. The Morgan fingerprint density at radius 1 is 1.00 bits per heavy atom. The van der Waals surface area contributed by atoms with Crippen molar-refractivity contribution in [1.29, 1.82) is 0 Å². The van der Waals surface area contributed by atoms with E-state index in [2.05, 4.69) is 6.07 Å². The highest BCUT2D eigenvalue weighted by atomic mass is 32.2. The molecule has 0 radical (unpaired) electrons. The summed E-state index contributed by atoms with van der Waals surface area (Å²) in [4.78, 5) is 1.19. The van der Waals surface area contributed by atoms with Crippen molar-refractivity contribution in [2.24, 2.45) is 0 Å². The van der Waals surface area contributed by atoms with E-state index in [4.69, 9.17) is 18.9 Å². The number of hydrogen-bond acceptors (Lipinski definition) is 5. The van der Waals surface area contributed by atoms with Gasteiger partial charge < -0.3 is 18.9 Å². The van der Waals surface area contributed by atoms with Gasteiger partial charge in [0.15, 0.2) is 17.8 Å². The maximum absolute atomic E-state index is 5.57. The molecule has 19 heavy (non-hydrogen) atoms. The van der Waals surface area contributed by atoms with Crippen LogP contribution in [0.3, 0.4) is 0 Å². The summed E-state index contributed by atoms with van der Waals surface area (Å²) < 4.78 is 22.1. The second-order valence-corrected chi connectivity index (χ2v) is 5.64. The van der Waals surface area contributed by atoms with Gasteiger partial charge in [-0.2, -0.15) is 0 Å². The molecule has 104 valence electrons. The molecule has 0 atom stereocenters. The van der Waals surface area contributed by atoms with Gasteiger partial charge in [-0.3, -0.25) is 0 Å². The Morgan fingerprint density at radius 3 is 2.63 bits per heavy atom. The van der Waals surface area contributed by atoms with Crippen LogP contribution in [0.4, 0.5) is 0 Å². The molecule has 2 aliphatic rings. The number of thioether (sulfide) groups is 1. The van der Waals surface area contributed by atoms with E-state index >= 15 is 0 Å². The van der Waals surface area contributed by atoms with Gasteiger partial charge in [0.1, 0.15) is 13.2 Å². The monoisotopic (exact) mass is 282 g/mol. The van der Waals surface area contributed by atoms with Gasteiger partial charge in [-0.05, 0) is 24.6 Å². The summed E-state index contributed by atoms with van der Waals surface area (Å²) in [5.74, 6) is 2.67. The summed E-state index contributed by atoms with van der Waals surface area (Å²) in [6, 6.07) is 6.09. The molecule has 5 heteroatoms. The fraction of sp³-hybridized carbons (Fsp3) is 0.571. The Kier molecular flexibility index (Phi) is 4.48. The second-order valence-electron chi connectivity index (χ2n) is 4.47. The lowest BCUT2D eigenvalue weighted by atomic mass is 10.3. The van der Waals surface area contributed by atoms with Crippen LogP contribution in [-0.4, -0.2) is 38.5 Å². The molecule has 1 aromatic carbocycles. The van der Waals surface area contributed by atoms with E-state index in [0.717, 1.165) is 43.3 Å². The van der Waals surface area contributed by atoms with Crippen LogP contribution < -0.4 is 9.47 Å². The Balaban J connectivity index is 1.49. The number of rotatable bonds is 4. The molecule has 2 aliphatic heterocycles. The molecule has 0 saturated carbocycles. The average molecular weight is 282 g/mol. The molecular formula is C14H18O4S. The van der Waals surface area contributed by atoms with Crippen molar-refractivity contribution in [1.82, 2.24) is 0 Å². The maximum Gasteiger partial charge on any atom is 0.162 e. The molecule has 0 N–H and O–H groups in total. The Labute approximate surface area is 117 Å². The van der Waals surface area contributed by atoms with E-state index < -0.39 is 0 Å². The van der Waals surface area contributed by atoms with Gasteiger partial charge >= 0.3 is 0 Å². The fourth-order valence-corrected chi connectivity index (χ4v) is 2.99. The molecule has 3 rings (SSSR count). The minimum Gasteiger partial charge on any atom is -0.486 e. The summed E-state index contributed by atoms with van der Waals surface area (Å²) in [5, 5.41) is 0. The van der Waals surface area contributed by atoms with Crippen LogP contribution in [0.1, 0.15) is 12.8 Å². The van der Waals surface area contributed by atoms with Gasteiger partial charge in [0.2, 0.25) is 0 Å². The summed E-state index contributed by atoms with van der Waals surface area (Å²) in [5.41, 5.74) is 0. The third-order valence-corrected chi connectivity index (χ3v) is 4.06. The van der Waals surface area contributed by atoms with Crippen molar-refractivity contribution in [2.45, 2.75) is 24.0 Å². The summed E-state index contributed by atoms with van der Waals surface area (Å²) in [6.45, 7) is 2.90. The third kappa shape index (κ3) is 3.55. The lowest BCUT2D eigenvalue weighted by molar-refractivity contribution is -0.178. The fourth-order valence-electron chi connectivity index (χ4n) is 2.09. The zero-order valence-electron chi connectivity index (χ0n) is 10.8. The van der Waals surface area contributed by atoms with Gasteiger partial charge in [-0.25, -0.2) is 0 Å². The molecule has 4 nitrogen and oxygen atoms in total. The quantitative estimate of drug-likeness (QED) is 0.794. The van der Waals surface area contributed by atoms with Crippen molar-refractivity contribution in [3.63, 3.8) is 0 Å². The van der Waals surface area contributed by atoms with E-state index in [-0.39, 0.29) is 6.29 Å². The van der Waals surface area contributed by atoms with Gasteiger partial charge in [0.25, 0.3) is 0 Å². The van der Waals surface area contributed by atoms with Gasteiger partial charge in [-0.15, -0.1) is 11.8 Å². The molecule has 0 amide bonds. The SMILES string of the molecule is c1cc2c(cc1SCCC1OCCCO1)OCCO2. The minimum absolute atomic E-state index is 0.0292. The zero-order valence-corrected chi connectivity index (χ0v) is 11.6. The smallest absolute Gasteiger partial charge is 0.162 e.